The maximum Gasteiger partial charge on any atom is 0.239 e. The molecule has 0 atom stereocenters. The van der Waals surface area contributed by atoms with Crippen LogP contribution in [0.15, 0.2) is 48.5 Å². The van der Waals surface area contributed by atoms with Gasteiger partial charge in [0.25, 0.3) is 0 Å². The predicted molar refractivity (Wildman–Crippen MR) is 84.6 cm³/mol. The Morgan fingerprint density at radius 2 is 1.81 bits per heavy atom. The Hall–Kier alpha value is -2.53. The molecule has 2 rings (SSSR count). The summed E-state index contributed by atoms with van der Waals surface area (Å²) in [5.41, 5.74) is 2.63. The number of rotatable bonds is 4. The summed E-state index contributed by atoms with van der Waals surface area (Å²) in [6.45, 7) is 2.15. The van der Waals surface area contributed by atoms with Gasteiger partial charge >= 0.3 is 0 Å². The fraction of sp³-hybridized carbons (Fsp3) is 0.211. The van der Waals surface area contributed by atoms with E-state index in [9.17, 15) is 4.79 Å². The SMILES string of the molecule is CCCc1ccc(C#CC(=O)c2ccccc2OC)cc1. The number of para-hydroxylation sites is 1. The lowest BCUT2D eigenvalue weighted by atomic mass is 10.1. The average Bonchev–Trinajstić information content (AvgIpc) is 2.54. The van der Waals surface area contributed by atoms with Gasteiger partial charge in [-0.25, -0.2) is 0 Å². The Balaban J connectivity index is 2.16. The number of Topliss-reactive ketones (excluding diaryl/α,β-unsaturated/α-hetero) is 1. The van der Waals surface area contributed by atoms with Gasteiger partial charge in [0.1, 0.15) is 5.75 Å². The number of carbonyl (C=O) groups is 1. The number of ketones is 1. The van der Waals surface area contributed by atoms with Gasteiger partial charge in [-0.05, 0) is 42.2 Å². The van der Waals surface area contributed by atoms with Gasteiger partial charge < -0.3 is 4.74 Å². The predicted octanol–water partition coefficient (Wildman–Crippen LogP) is 3.88. The fourth-order valence-corrected chi connectivity index (χ4v) is 2.07. The van der Waals surface area contributed by atoms with Crippen LogP contribution < -0.4 is 4.74 Å². The molecule has 0 aliphatic heterocycles. The van der Waals surface area contributed by atoms with E-state index >= 15 is 0 Å². The minimum absolute atomic E-state index is 0.231. The molecule has 0 N–H and O–H groups in total. The van der Waals surface area contributed by atoms with Crippen molar-refractivity contribution in [2.24, 2.45) is 0 Å². The molecule has 106 valence electrons. The molecule has 0 aliphatic carbocycles. The van der Waals surface area contributed by atoms with E-state index in [1.165, 1.54) is 5.56 Å². The van der Waals surface area contributed by atoms with E-state index in [2.05, 4.69) is 30.9 Å². The van der Waals surface area contributed by atoms with E-state index in [1.54, 1.807) is 25.3 Å². The Labute approximate surface area is 125 Å². The molecule has 0 saturated heterocycles. The van der Waals surface area contributed by atoms with Gasteiger partial charge in [-0.3, -0.25) is 4.79 Å². The summed E-state index contributed by atoms with van der Waals surface area (Å²) in [6.07, 6.45) is 2.19. The molecule has 0 aromatic heterocycles. The van der Waals surface area contributed by atoms with Crippen LogP contribution in [0.25, 0.3) is 0 Å². The second kappa shape index (κ2) is 7.31. The monoisotopic (exact) mass is 278 g/mol. The highest BCUT2D eigenvalue weighted by molar-refractivity contribution is 6.11. The van der Waals surface area contributed by atoms with Gasteiger partial charge in [-0.1, -0.05) is 43.5 Å². The normalized spacial score (nSPS) is 9.62. The first kappa shape index (κ1) is 14.9. The second-order valence-corrected chi connectivity index (χ2v) is 4.73. The van der Waals surface area contributed by atoms with Gasteiger partial charge in [0.2, 0.25) is 5.78 Å². The first-order valence-corrected chi connectivity index (χ1v) is 7.03. The summed E-state index contributed by atoms with van der Waals surface area (Å²) in [7, 11) is 1.55. The first-order valence-electron chi connectivity index (χ1n) is 7.03. The van der Waals surface area contributed by atoms with Crippen LogP contribution in [0.5, 0.6) is 5.75 Å². The number of benzene rings is 2. The van der Waals surface area contributed by atoms with Gasteiger partial charge in [0.05, 0.1) is 12.7 Å². The number of ether oxygens (including phenoxy) is 1. The van der Waals surface area contributed by atoms with Crippen molar-refractivity contribution in [3.8, 4) is 17.6 Å². The van der Waals surface area contributed by atoms with Gasteiger partial charge in [0, 0.05) is 5.56 Å². The lowest BCUT2D eigenvalue weighted by molar-refractivity contribution is 0.105. The molecule has 2 nitrogen and oxygen atoms in total. The number of carbonyl (C=O) groups excluding carboxylic acids is 1. The Bertz CT molecular complexity index is 673. The molecule has 2 aromatic rings. The highest BCUT2D eigenvalue weighted by Crippen LogP contribution is 2.17. The van der Waals surface area contributed by atoms with Crippen LogP contribution >= 0.6 is 0 Å². The third kappa shape index (κ3) is 3.97. The fourth-order valence-electron chi connectivity index (χ4n) is 2.07. The van der Waals surface area contributed by atoms with E-state index in [0.29, 0.717) is 11.3 Å². The third-order valence-electron chi connectivity index (χ3n) is 3.16. The number of aryl methyl sites for hydroxylation is 1. The maximum absolute atomic E-state index is 12.1. The van der Waals surface area contributed by atoms with Crippen molar-refractivity contribution in [1.82, 2.24) is 0 Å². The van der Waals surface area contributed by atoms with Crippen LogP contribution in [0, 0.1) is 11.8 Å². The molecule has 0 unspecified atom stereocenters. The van der Waals surface area contributed by atoms with Gasteiger partial charge in [-0.2, -0.15) is 0 Å². The molecule has 0 fully saturated rings. The lowest BCUT2D eigenvalue weighted by Crippen LogP contribution is -1.99. The summed E-state index contributed by atoms with van der Waals surface area (Å²) in [5, 5.41) is 0. The third-order valence-corrected chi connectivity index (χ3v) is 3.16. The molecule has 0 radical (unpaired) electrons. The molecule has 2 aromatic carbocycles. The first-order chi connectivity index (χ1) is 10.2. The van der Waals surface area contributed by atoms with E-state index < -0.39 is 0 Å². The minimum atomic E-state index is -0.231. The van der Waals surface area contributed by atoms with Crippen LogP contribution in [-0.2, 0) is 6.42 Å². The van der Waals surface area contributed by atoms with Crippen molar-refractivity contribution in [3.05, 3.63) is 65.2 Å². The van der Waals surface area contributed by atoms with E-state index in [1.807, 2.05) is 18.2 Å². The molecule has 0 heterocycles. The minimum Gasteiger partial charge on any atom is -0.496 e. The Morgan fingerprint density at radius 1 is 1.10 bits per heavy atom. The molecular formula is C19H18O2. The van der Waals surface area contributed by atoms with Crippen LogP contribution in [0.4, 0.5) is 0 Å². The molecule has 2 heteroatoms. The summed E-state index contributed by atoms with van der Waals surface area (Å²) in [5.74, 6) is 5.90. The van der Waals surface area contributed by atoms with Crippen molar-refractivity contribution in [2.75, 3.05) is 7.11 Å². The lowest BCUT2D eigenvalue weighted by Gasteiger charge is -2.03. The Kier molecular flexibility index (Phi) is 5.17. The maximum atomic E-state index is 12.1. The van der Waals surface area contributed by atoms with E-state index in [0.717, 1.165) is 18.4 Å². The number of methoxy groups -OCH3 is 1. The topological polar surface area (TPSA) is 26.3 Å². The molecule has 0 saturated carbocycles. The highest BCUT2D eigenvalue weighted by Gasteiger charge is 2.08. The summed E-state index contributed by atoms with van der Waals surface area (Å²) >= 11 is 0. The zero-order valence-electron chi connectivity index (χ0n) is 12.3. The number of hydrogen-bond donors (Lipinski definition) is 0. The van der Waals surface area contributed by atoms with Crippen LogP contribution in [0.3, 0.4) is 0 Å². The molecule has 21 heavy (non-hydrogen) atoms. The van der Waals surface area contributed by atoms with Crippen molar-refractivity contribution in [1.29, 1.82) is 0 Å². The van der Waals surface area contributed by atoms with Gasteiger partial charge in [0.15, 0.2) is 0 Å². The van der Waals surface area contributed by atoms with Gasteiger partial charge in [-0.15, -0.1) is 0 Å². The number of hydrogen-bond acceptors (Lipinski definition) is 2. The second-order valence-electron chi connectivity index (χ2n) is 4.73. The molecule has 0 spiro atoms. The summed E-state index contributed by atoms with van der Waals surface area (Å²) in [4.78, 5) is 12.1. The van der Waals surface area contributed by atoms with Crippen LogP contribution in [0.2, 0.25) is 0 Å². The van der Waals surface area contributed by atoms with Crippen LogP contribution in [0.1, 0.15) is 34.8 Å². The van der Waals surface area contributed by atoms with Crippen molar-refractivity contribution in [3.63, 3.8) is 0 Å². The summed E-state index contributed by atoms with van der Waals surface area (Å²) in [6, 6.07) is 15.1. The zero-order chi connectivity index (χ0) is 15.1. The average molecular weight is 278 g/mol. The molecule has 0 aliphatic rings. The molecular weight excluding hydrogens is 260 g/mol. The van der Waals surface area contributed by atoms with E-state index in [4.69, 9.17) is 4.74 Å². The van der Waals surface area contributed by atoms with E-state index in [-0.39, 0.29) is 5.78 Å². The smallest absolute Gasteiger partial charge is 0.239 e. The van der Waals surface area contributed by atoms with Crippen molar-refractivity contribution < 1.29 is 9.53 Å². The highest BCUT2D eigenvalue weighted by atomic mass is 16.5. The zero-order valence-corrected chi connectivity index (χ0v) is 12.3. The molecule has 0 amide bonds. The largest absolute Gasteiger partial charge is 0.496 e. The standard InChI is InChI=1S/C19H18O2/c1-3-6-15-9-11-16(12-10-15)13-14-18(20)17-7-4-5-8-19(17)21-2/h4-5,7-12H,3,6H2,1-2H3. The van der Waals surface area contributed by atoms with Crippen molar-refractivity contribution in [2.45, 2.75) is 19.8 Å². The van der Waals surface area contributed by atoms with Crippen LogP contribution in [-0.4, -0.2) is 12.9 Å². The summed E-state index contributed by atoms with van der Waals surface area (Å²) < 4.78 is 5.17. The quantitative estimate of drug-likeness (QED) is 0.626. The Morgan fingerprint density at radius 3 is 2.48 bits per heavy atom. The van der Waals surface area contributed by atoms with Crippen molar-refractivity contribution >= 4 is 5.78 Å². The molecule has 0 bridgehead atoms.